The molecule has 0 saturated carbocycles. The number of carbonyl (C=O) groups excluding carboxylic acids is 1. The maximum atomic E-state index is 13.6. The smallest absolute Gasteiger partial charge is 0.260 e. The van der Waals surface area contributed by atoms with Gasteiger partial charge in [-0.25, -0.2) is 26.1 Å². The van der Waals surface area contributed by atoms with E-state index in [0.717, 1.165) is 23.7 Å². The highest BCUT2D eigenvalue weighted by atomic mass is 35.5. The van der Waals surface area contributed by atoms with Crippen molar-refractivity contribution in [2.75, 3.05) is 51.4 Å². The molecule has 9 nitrogen and oxygen atoms in total. The number of sulfone groups is 1. The number of benzene rings is 2. The summed E-state index contributed by atoms with van der Waals surface area (Å²) in [6, 6.07) is 10.7. The number of likely N-dealkylation sites (N-methyl/N-ethyl adjacent to an activating group) is 1. The largest absolute Gasteiger partial charge is 0.302 e. The van der Waals surface area contributed by atoms with Gasteiger partial charge in [-0.05, 0) is 49.5 Å². The van der Waals surface area contributed by atoms with Gasteiger partial charge in [-0.1, -0.05) is 31.3 Å². The first-order valence-electron chi connectivity index (χ1n) is 11.1. The predicted octanol–water partition coefficient (Wildman–Crippen LogP) is 3.36. The highest BCUT2D eigenvalue weighted by Gasteiger charge is 2.25. The van der Waals surface area contributed by atoms with E-state index in [2.05, 4.69) is 9.88 Å². The van der Waals surface area contributed by atoms with Crippen molar-refractivity contribution in [1.29, 1.82) is 0 Å². The zero-order chi connectivity index (χ0) is 26.0. The van der Waals surface area contributed by atoms with Crippen LogP contribution in [-0.2, 0) is 19.9 Å². The Morgan fingerprint density at radius 2 is 1.56 bits per heavy atom. The fourth-order valence-corrected chi connectivity index (χ4v) is 6.34. The lowest BCUT2D eigenvalue weighted by molar-refractivity contribution is 0.0983. The van der Waals surface area contributed by atoms with E-state index in [4.69, 9.17) is 0 Å². The first-order chi connectivity index (χ1) is 16.4. The van der Waals surface area contributed by atoms with Crippen LogP contribution in [0.1, 0.15) is 24.2 Å². The molecule has 3 aromatic rings. The number of nitrogens with zero attached hydrogens (tertiary/aromatic N) is 4. The second-order valence-corrected chi connectivity index (χ2v) is 13.3. The van der Waals surface area contributed by atoms with Crippen molar-refractivity contribution in [2.24, 2.45) is 0 Å². The van der Waals surface area contributed by atoms with Gasteiger partial charge >= 0.3 is 0 Å². The number of sulfonamides is 1. The molecule has 0 aliphatic heterocycles. The van der Waals surface area contributed by atoms with Gasteiger partial charge in [0.1, 0.15) is 5.52 Å². The van der Waals surface area contributed by atoms with Crippen LogP contribution in [0, 0.1) is 0 Å². The van der Waals surface area contributed by atoms with E-state index in [0.29, 0.717) is 34.0 Å². The number of rotatable bonds is 10. The van der Waals surface area contributed by atoms with Gasteiger partial charge < -0.3 is 4.90 Å². The topological polar surface area (TPSA) is 108 Å². The molecular formula is C23H31ClN4O5S3. The molecule has 198 valence electrons. The molecule has 1 heterocycles. The van der Waals surface area contributed by atoms with Crippen molar-refractivity contribution in [2.45, 2.75) is 23.6 Å². The quantitative estimate of drug-likeness (QED) is 0.365. The fraction of sp³-hybridized carbons (Fsp3) is 0.391. The normalized spacial score (nSPS) is 12.2. The van der Waals surface area contributed by atoms with E-state index >= 15 is 0 Å². The van der Waals surface area contributed by atoms with Gasteiger partial charge in [-0.2, -0.15) is 0 Å². The Balaban J connectivity index is 0.00000456. The van der Waals surface area contributed by atoms with E-state index < -0.39 is 19.9 Å². The van der Waals surface area contributed by atoms with E-state index in [1.165, 1.54) is 60.7 Å². The van der Waals surface area contributed by atoms with Gasteiger partial charge in [0, 0.05) is 39.0 Å². The molecule has 0 saturated heterocycles. The zero-order valence-corrected chi connectivity index (χ0v) is 24.1. The summed E-state index contributed by atoms with van der Waals surface area (Å²) in [7, 11) is -4.23. The lowest BCUT2D eigenvalue weighted by Crippen LogP contribution is -2.38. The van der Waals surface area contributed by atoms with E-state index in [-0.39, 0.29) is 28.1 Å². The summed E-state index contributed by atoms with van der Waals surface area (Å²) in [6.07, 6.45) is 1.13. The molecule has 1 amide bonds. The molecule has 36 heavy (non-hydrogen) atoms. The number of amides is 1. The van der Waals surface area contributed by atoms with Gasteiger partial charge in [0.25, 0.3) is 5.91 Å². The van der Waals surface area contributed by atoms with Crippen LogP contribution in [0.25, 0.3) is 10.2 Å². The summed E-state index contributed by atoms with van der Waals surface area (Å²) in [5.74, 6) is -0.342. The fourth-order valence-electron chi connectivity index (χ4n) is 3.53. The molecule has 0 atom stereocenters. The molecule has 2 aromatic carbocycles. The van der Waals surface area contributed by atoms with Gasteiger partial charge in [0.2, 0.25) is 10.0 Å². The van der Waals surface area contributed by atoms with Gasteiger partial charge in [0.15, 0.2) is 15.0 Å². The average Bonchev–Trinajstić information content (AvgIpc) is 3.24. The average molecular weight is 575 g/mol. The minimum Gasteiger partial charge on any atom is -0.302 e. The van der Waals surface area contributed by atoms with Crippen LogP contribution in [-0.4, -0.2) is 83.5 Å². The Labute approximate surface area is 223 Å². The first kappa shape index (κ1) is 30.1. The van der Waals surface area contributed by atoms with Crippen LogP contribution in [0.3, 0.4) is 0 Å². The van der Waals surface area contributed by atoms with Crippen LogP contribution >= 0.6 is 23.7 Å². The van der Waals surface area contributed by atoms with Crippen molar-refractivity contribution in [3.63, 3.8) is 0 Å². The second-order valence-electron chi connectivity index (χ2n) is 8.17. The van der Waals surface area contributed by atoms with Crippen molar-refractivity contribution < 1.29 is 21.6 Å². The standard InChI is InChI=1S/C23H30N4O5S3.ClH/c1-6-26(7-2)15-16-27(22(28)17-11-13-18(14-12-17)35(31,32)25(3)4)23-24-21-19(33-23)9-8-10-20(21)34(5,29)30;/h8-14H,6-7,15-16H2,1-5H3;1H. The molecule has 13 heteroatoms. The molecule has 0 aliphatic carbocycles. The molecule has 0 fully saturated rings. The van der Waals surface area contributed by atoms with E-state index in [1.807, 2.05) is 13.8 Å². The Hall–Kier alpha value is -2.09. The molecule has 0 unspecified atom stereocenters. The van der Waals surface area contributed by atoms with Crippen LogP contribution in [0.4, 0.5) is 5.13 Å². The number of para-hydroxylation sites is 1. The number of thiazole rings is 1. The molecule has 0 radical (unpaired) electrons. The van der Waals surface area contributed by atoms with Crippen LogP contribution in [0.2, 0.25) is 0 Å². The minimum atomic E-state index is -3.62. The molecule has 0 bridgehead atoms. The van der Waals surface area contributed by atoms with E-state index in [9.17, 15) is 21.6 Å². The number of anilines is 1. The third-order valence-electron chi connectivity index (χ3n) is 5.66. The molecule has 1 aromatic heterocycles. The van der Waals surface area contributed by atoms with Crippen molar-refractivity contribution in [3.8, 4) is 0 Å². The molecule has 0 aliphatic rings. The summed E-state index contributed by atoms with van der Waals surface area (Å²) in [4.78, 5) is 22.1. The van der Waals surface area contributed by atoms with Crippen LogP contribution in [0.15, 0.2) is 52.3 Å². The second kappa shape index (κ2) is 12.0. The number of hydrogen-bond donors (Lipinski definition) is 0. The summed E-state index contributed by atoms with van der Waals surface area (Å²) < 4.78 is 51.1. The summed E-state index contributed by atoms with van der Waals surface area (Å²) in [5.41, 5.74) is 0.646. The van der Waals surface area contributed by atoms with Gasteiger partial charge in [-0.15, -0.1) is 12.4 Å². The zero-order valence-electron chi connectivity index (χ0n) is 20.8. The van der Waals surface area contributed by atoms with Crippen molar-refractivity contribution in [3.05, 3.63) is 48.0 Å². The van der Waals surface area contributed by atoms with Gasteiger partial charge in [0.05, 0.1) is 14.5 Å². The Morgan fingerprint density at radius 1 is 0.944 bits per heavy atom. The molecule has 0 N–H and O–H groups in total. The lowest BCUT2D eigenvalue weighted by atomic mass is 10.2. The molecular weight excluding hydrogens is 544 g/mol. The third kappa shape index (κ3) is 6.42. The number of fused-ring (bicyclic) bond motifs is 1. The number of aromatic nitrogens is 1. The van der Waals surface area contributed by atoms with Crippen molar-refractivity contribution in [1.82, 2.24) is 14.2 Å². The van der Waals surface area contributed by atoms with Crippen LogP contribution in [0.5, 0.6) is 0 Å². The summed E-state index contributed by atoms with van der Waals surface area (Å²) in [6.45, 7) is 6.64. The molecule has 3 rings (SSSR count). The lowest BCUT2D eigenvalue weighted by Gasteiger charge is -2.25. The maximum absolute atomic E-state index is 13.6. The number of halogens is 1. The SMILES string of the molecule is CCN(CC)CCN(C(=O)c1ccc(S(=O)(=O)N(C)C)cc1)c1nc2c(S(C)(=O)=O)cccc2s1.Cl. The third-order valence-corrected chi connectivity index (χ3v) is 9.66. The Kier molecular flexibility index (Phi) is 10.0. The Bertz CT molecular complexity index is 1420. The molecule has 0 spiro atoms. The minimum absolute atomic E-state index is 0. The Morgan fingerprint density at radius 3 is 2.08 bits per heavy atom. The van der Waals surface area contributed by atoms with E-state index in [1.54, 1.807) is 12.1 Å². The number of hydrogen-bond acceptors (Lipinski definition) is 8. The highest BCUT2D eigenvalue weighted by Crippen LogP contribution is 2.33. The predicted molar refractivity (Wildman–Crippen MR) is 147 cm³/mol. The summed E-state index contributed by atoms with van der Waals surface area (Å²) in [5, 5.41) is 0.387. The number of carbonyl (C=O) groups is 1. The first-order valence-corrected chi connectivity index (χ1v) is 15.2. The summed E-state index contributed by atoms with van der Waals surface area (Å²) >= 11 is 1.25. The van der Waals surface area contributed by atoms with Crippen molar-refractivity contribution >= 4 is 64.9 Å². The monoisotopic (exact) mass is 574 g/mol. The maximum Gasteiger partial charge on any atom is 0.260 e. The van der Waals surface area contributed by atoms with Gasteiger partial charge in [-0.3, -0.25) is 9.69 Å². The van der Waals surface area contributed by atoms with Crippen LogP contribution < -0.4 is 4.90 Å². The highest BCUT2D eigenvalue weighted by molar-refractivity contribution is 7.91.